The second-order valence-corrected chi connectivity index (χ2v) is 4.42. The molecule has 0 N–H and O–H groups in total. The maximum absolute atomic E-state index is 6.10. The Labute approximate surface area is 72.0 Å². The number of hydrogen-bond donors (Lipinski definition) is 0. The monoisotopic (exact) mass is 176 g/mol. The Morgan fingerprint density at radius 1 is 1.70 bits per heavy atom. The lowest BCUT2D eigenvalue weighted by Crippen LogP contribution is -2.22. The molecular weight excluding hydrogens is 164 g/mol. The lowest BCUT2D eigenvalue weighted by atomic mass is 9.95. The van der Waals surface area contributed by atoms with Crippen LogP contribution in [0.4, 0.5) is 0 Å². The SMILES string of the molecule is C=C1CCC(SC)C(Cl)C1. The highest BCUT2D eigenvalue weighted by atomic mass is 35.5. The van der Waals surface area contributed by atoms with E-state index in [1.54, 1.807) is 0 Å². The van der Waals surface area contributed by atoms with Crippen LogP contribution in [0.3, 0.4) is 0 Å². The molecule has 10 heavy (non-hydrogen) atoms. The number of halogens is 1. The van der Waals surface area contributed by atoms with Crippen LogP contribution in [0.1, 0.15) is 19.3 Å². The molecule has 0 spiro atoms. The maximum atomic E-state index is 6.10. The molecule has 1 fully saturated rings. The molecular formula is C8H13ClS. The van der Waals surface area contributed by atoms with Crippen molar-refractivity contribution in [2.75, 3.05) is 6.26 Å². The predicted octanol–water partition coefficient (Wildman–Crippen LogP) is 3.07. The van der Waals surface area contributed by atoms with Crippen LogP contribution in [0.2, 0.25) is 0 Å². The van der Waals surface area contributed by atoms with Crippen molar-refractivity contribution in [1.29, 1.82) is 0 Å². The maximum Gasteiger partial charge on any atom is 0.0491 e. The van der Waals surface area contributed by atoms with Gasteiger partial charge >= 0.3 is 0 Å². The van der Waals surface area contributed by atoms with Gasteiger partial charge in [-0.15, -0.1) is 11.6 Å². The summed E-state index contributed by atoms with van der Waals surface area (Å²) < 4.78 is 0. The number of allylic oxidation sites excluding steroid dienone is 1. The van der Waals surface area contributed by atoms with Gasteiger partial charge in [0.1, 0.15) is 0 Å². The quantitative estimate of drug-likeness (QED) is 0.437. The standard InChI is InChI=1S/C8H13ClS/c1-6-3-4-8(10-2)7(9)5-6/h7-8H,1,3-5H2,2H3. The molecule has 58 valence electrons. The third-order valence-electron chi connectivity index (χ3n) is 1.97. The molecule has 0 amide bonds. The van der Waals surface area contributed by atoms with Gasteiger partial charge in [-0.05, 0) is 25.5 Å². The van der Waals surface area contributed by atoms with Gasteiger partial charge in [0.25, 0.3) is 0 Å². The minimum Gasteiger partial charge on any atom is -0.160 e. The van der Waals surface area contributed by atoms with Crippen molar-refractivity contribution in [2.45, 2.75) is 29.9 Å². The van der Waals surface area contributed by atoms with Crippen LogP contribution in [-0.2, 0) is 0 Å². The first-order chi connectivity index (χ1) is 4.74. The minimum absolute atomic E-state index is 0.330. The largest absolute Gasteiger partial charge is 0.160 e. The summed E-state index contributed by atoms with van der Waals surface area (Å²) in [6, 6.07) is 0. The molecule has 1 saturated carbocycles. The van der Waals surface area contributed by atoms with Crippen LogP contribution in [0, 0.1) is 0 Å². The van der Waals surface area contributed by atoms with E-state index in [-0.39, 0.29) is 0 Å². The minimum atomic E-state index is 0.330. The van der Waals surface area contributed by atoms with Crippen molar-refractivity contribution in [2.24, 2.45) is 0 Å². The predicted molar refractivity (Wildman–Crippen MR) is 49.9 cm³/mol. The summed E-state index contributed by atoms with van der Waals surface area (Å²) in [6.45, 7) is 3.94. The Morgan fingerprint density at radius 2 is 2.40 bits per heavy atom. The molecule has 0 aromatic rings. The number of thioether (sulfide) groups is 1. The second kappa shape index (κ2) is 3.68. The number of rotatable bonds is 1. The van der Waals surface area contributed by atoms with Crippen molar-refractivity contribution < 1.29 is 0 Å². The molecule has 0 aromatic heterocycles. The van der Waals surface area contributed by atoms with E-state index in [0.29, 0.717) is 10.6 Å². The zero-order valence-corrected chi connectivity index (χ0v) is 7.84. The van der Waals surface area contributed by atoms with Gasteiger partial charge in [-0.25, -0.2) is 0 Å². The van der Waals surface area contributed by atoms with Gasteiger partial charge in [-0.2, -0.15) is 11.8 Å². The Morgan fingerprint density at radius 3 is 2.90 bits per heavy atom. The van der Waals surface area contributed by atoms with Crippen molar-refractivity contribution in [3.8, 4) is 0 Å². The van der Waals surface area contributed by atoms with E-state index in [1.807, 2.05) is 11.8 Å². The fourth-order valence-corrected chi connectivity index (χ4v) is 2.70. The van der Waals surface area contributed by atoms with Gasteiger partial charge < -0.3 is 0 Å². The Kier molecular flexibility index (Phi) is 3.12. The van der Waals surface area contributed by atoms with Crippen molar-refractivity contribution in [3.63, 3.8) is 0 Å². The average molecular weight is 177 g/mol. The summed E-state index contributed by atoms with van der Waals surface area (Å²) in [6.07, 6.45) is 5.55. The molecule has 1 aliphatic rings. The zero-order valence-electron chi connectivity index (χ0n) is 6.27. The first-order valence-corrected chi connectivity index (χ1v) is 5.30. The number of alkyl halides is 1. The normalized spacial score (nSPS) is 34.4. The summed E-state index contributed by atoms with van der Waals surface area (Å²) in [5.74, 6) is 0. The highest BCUT2D eigenvalue weighted by molar-refractivity contribution is 7.99. The van der Waals surface area contributed by atoms with Crippen LogP contribution in [0.5, 0.6) is 0 Å². The Hall–Kier alpha value is 0.380. The molecule has 0 aromatic carbocycles. The van der Waals surface area contributed by atoms with Gasteiger partial charge in [-0.1, -0.05) is 12.2 Å². The molecule has 2 atom stereocenters. The summed E-state index contributed by atoms with van der Waals surface area (Å²) in [4.78, 5) is 0. The summed E-state index contributed by atoms with van der Waals surface area (Å²) in [7, 11) is 0. The molecule has 0 nitrogen and oxygen atoms in total. The first kappa shape index (κ1) is 8.48. The van der Waals surface area contributed by atoms with E-state index < -0.39 is 0 Å². The van der Waals surface area contributed by atoms with Crippen molar-refractivity contribution >= 4 is 23.4 Å². The van der Waals surface area contributed by atoms with Crippen LogP contribution in [-0.4, -0.2) is 16.9 Å². The van der Waals surface area contributed by atoms with E-state index in [2.05, 4.69) is 12.8 Å². The van der Waals surface area contributed by atoms with Crippen molar-refractivity contribution in [3.05, 3.63) is 12.2 Å². The Bertz CT molecular complexity index is 133. The van der Waals surface area contributed by atoms with Crippen LogP contribution in [0.15, 0.2) is 12.2 Å². The molecule has 0 aliphatic heterocycles. The van der Waals surface area contributed by atoms with E-state index in [0.717, 1.165) is 6.42 Å². The molecule has 0 bridgehead atoms. The average Bonchev–Trinajstić information content (AvgIpc) is 1.88. The molecule has 0 heterocycles. The van der Waals surface area contributed by atoms with Crippen LogP contribution >= 0.6 is 23.4 Å². The van der Waals surface area contributed by atoms with Gasteiger partial charge in [0.2, 0.25) is 0 Å². The molecule has 1 aliphatic carbocycles. The van der Waals surface area contributed by atoms with E-state index >= 15 is 0 Å². The highest BCUT2D eigenvalue weighted by Crippen LogP contribution is 2.32. The molecule has 0 radical (unpaired) electrons. The molecule has 1 rings (SSSR count). The van der Waals surface area contributed by atoms with Crippen molar-refractivity contribution in [1.82, 2.24) is 0 Å². The molecule has 2 unspecified atom stereocenters. The topological polar surface area (TPSA) is 0 Å². The zero-order chi connectivity index (χ0) is 7.56. The lowest BCUT2D eigenvalue weighted by Gasteiger charge is -2.26. The van der Waals surface area contributed by atoms with Gasteiger partial charge in [-0.3, -0.25) is 0 Å². The fourth-order valence-electron chi connectivity index (χ4n) is 1.30. The molecule has 0 saturated heterocycles. The third kappa shape index (κ3) is 1.93. The third-order valence-corrected chi connectivity index (χ3v) is 3.75. The van der Waals surface area contributed by atoms with Gasteiger partial charge in [0.15, 0.2) is 0 Å². The van der Waals surface area contributed by atoms with E-state index in [4.69, 9.17) is 11.6 Å². The summed E-state index contributed by atoms with van der Waals surface area (Å²) in [5.41, 5.74) is 1.32. The number of hydrogen-bond acceptors (Lipinski definition) is 1. The smallest absolute Gasteiger partial charge is 0.0491 e. The Balaban J connectivity index is 2.43. The van der Waals surface area contributed by atoms with Gasteiger partial charge in [0.05, 0.1) is 0 Å². The van der Waals surface area contributed by atoms with E-state index in [9.17, 15) is 0 Å². The van der Waals surface area contributed by atoms with Crippen LogP contribution in [0.25, 0.3) is 0 Å². The fraction of sp³-hybridized carbons (Fsp3) is 0.750. The summed E-state index contributed by atoms with van der Waals surface area (Å²) >= 11 is 7.98. The first-order valence-electron chi connectivity index (χ1n) is 3.57. The second-order valence-electron chi connectivity index (χ2n) is 2.78. The molecule has 2 heteroatoms. The summed E-state index contributed by atoms with van der Waals surface area (Å²) in [5, 5.41) is 0.989. The van der Waals surface area contributed by atoms with Crippen LogP contribution < -0.4 is 0 Å². The lowest BCUT2D eigenvalue weighted by molar-refractivity contribution is 0.624. The van der Waals surface area contributed by atoms with Gasteiger partial charge in [0, 0.05) is 10.6 Å². The van der Waals surface area contributed by atoms with E-state index in [1.165, 1.54) is 18.4 Å². The highest BCUT2D eigenvalue weighted by Gasteiger charge is 2.23.